The van der Waals surface area contributed by atoms with Crippen LogP contribution in [-0.4, -0.2) is 9.97 Å². The van der Waals surface area contributed by atoms with Crippen LogP contribution >= 0.6 is 0 Å². The van der Waals surface area contributed by atoms with Crippen molar-refractivity contribution in [2.45, 2.75) is 25.7 Å². The van der Waals surface area contributed by atoms with Gasteiger partial charge in [0.25, 0.3) is 0 Å². The molecule has 0 fully saturated rings. The number of aryl methyl sites for hydroxylation is 1. The van der Waals surface area contributed by atoms with E-state index in [9.17, 15) is 0 Å². The van der Waals surface area contributed by atoms with Gasteiger partial charge in [-0.25, -0.2) is 9.97 Å². The van der Waals surface area contributed by atoms with Gasteiger partial charge in [-0.1, -0.05) is 6.08 Å². The Balaban J connectivity index is 1.95. The first-order chi connectivity index (χ1) is 9.78. The smallest absolute Gasteiger partial charge is 0.225 e. The van der Waals surface area contributed by atoms with Crippen LogP contribution in [0, 0.1) is 0 Å². The summed E-state index contributed by atoms with van der Waals surface area (Å²) in [5.41, 5.74) is 9.81. The van der Waals surface area contributed by atoms with Gasteiger partial charge in [0.2, 0.25) is 5.88 Å². The molecule has 0 atom stereocenters. The largest absolute Gasteiger partial charge is 0.438 e. The number of aromatic nitrogens is 2. The fourth-order valence-corrected chi connectivity index (χ4v) is 2.54. The summed E-state index contributed by atoms with van der Waals surface area (Å²) in [7, 11) is 0. The van der Waals surface area contributed by atoms with Crippen molar-refractivity contribution in [3.05, 3.63) is 54.0 Å². The van der Waals surface area contributed by atoms with Crippen LogP contribution in [0.5, 0.6) is 11.6 Å². The number of fused-ring (bicyclic) bond motifs is 1. The molecular weight excluding hydrogens is 250 g/mol. The summed E-state index contributed by atoms with van der Waals surface area (Å²) in [6.07, 6.45) is 7.24. The third kappa shape index (κ3) is 2.37. The summed E-state index contributed by atoms with van der Waals surface area (Å²) in [6.45, 7) is 3.77. The van der Waals surface area contributed by atoms with E-state index in [-0.39, 0.29) is 0 Å². The Labute approximate surface area is 118 Å². The van der Waals surface area contributed by atoms with Crippen LogP contribution in [-0.2, 0) is 19.3 Å². The lowest BCUT2D eigenvalue weighted by Gasteiger charge is -2.12. The molecule has 1 heterocycles. The minimum absolute atomic E-state index is 0.669. The molecule has 1 aliphatic carbocycles. The number of allylic oxidation sites excluding steroid dienone is 1. The minimum atomic E-state index is 0.669. The normalized spacial score (nSPS) is 13.0. The summed E-state index contributed by atoms with van der Waals surface area (Å²) < 4.78 is 6.01. The number of nitrogen functional groups attached to an aromatic ring is 1. The highest BCUT2D eigenvalue weighted by Gasteiger charge is 2.19. The first-order valence-electron chi connectivity index (χ1n) is 6.78. The van der Waals surface area contributed by atoms with E-state index in [1.54, 1.807) is 6.33 Å². The zero-order chi connectivity index (χ0) is 13.9. The number of nitrogens with two attached hydrogens (primary N) is 1. The average Bonchev–Trinajstić information content (AvgIpc) is 2.91. The summed E-state index contributed by atoms with van der Waals surface area (Å²) in [5.74, 6) is 1.45. The van der Waals surface area contributed by atoms with Crippen LogP contribution in [0.25, 0.3) is 0 Å². The second kappa shape index (κ2) is 5.33. The topological polar surface area (TPSA) is 61.0 Å². The van der Waals surface area contributed by atoms with Gasteiger partial charge in [-0.2, -0.15) is 0 Å². The van der Waals surface area contributed by atoms with Gasteiger partial charge >= 0.3 is 0 Å². The van der Waals surface area contributed by atoms with Crippen LogP contribution in [0.15, 0.2) is 37.2 Å². The lowest BCUT2D eigenvalue weighted by atomic mass is 10.1. The monoisotopic (exact) mass is 267 g/mol. The molecule has 1 aromatic carbocycles. The molecule has 2 N–H and O–H groups in total. The molecule has 1 aliphatic rings. The predicted octanol–water partition coefficient (Wildman–Crippen LogP) is 3.07. The number of anilines is 1. The highest BCUT2D eigenvalue weighted by molar-refractivity contribution is 5.50. The van der Waals surface area contributed by atoms with Crippen LogP contribution < -0.4 is 10.5 Å². The third-order valence-electron chi connectivity index (χ3n) is 3.49. The molecular formula is C16H17N3O. The van der Waals surface area contributed by atoms with Gasteiger partial charge < -0.3 is 10.5 Å². The van der Waals surface area contributed by atoms with E-state index < -0.39 is 0 Å². The second-order valence-electron chi connectivity index (χ2n) is 4.92. The van der Waals surface area contributed by atoms with E-state index in [1.807, 2.05) is 24.3 Å². The molecule has 3 rings (SSSR count). The Morgan fingerprint density at radius 1 is 1.30 bits per heavy atom. The zero-order valence-corrected chi connectivity index (χ0v) is 11.3. The molecule has 4 heteroatoms. The summed E-state index contributed by atoms with van der Waals surface area (Å²) in [4.78, 5) is 8.59. The highest BCUT2D eigenvalue weighted by Crippen LogP contribution is 2.32. The molecule has 0 bridgehead atoms. The summed E-state index contributed by atoms with van der Waals surface area (Å²) in [6, 6.07) is 5.64. The molecule has 4 nitrogen and oxygen atoms in total. The van der Waals surface area contributed by atoms with Crippen molar-refractivity contribution in [1.29, 1.82) is 0 Å². The SMILES string of the molecule is C=CCc1cc(N)ccc1Oc1ncnc2c1CCC2. The maximum atomic E-state index is 6.01. The number of hydrogen-bond donors (Lipinski definition) is 1. The molecule has 0 radical (unpaired) electrons. The first-order valence-corrected chi connectivity index (χ1v) is 6.78. The highest BCUT2D eigenvalue weighted by atomic mass is 16.5. The Morgan fingerprint density at radius 2 is 2.20 bits per heavy atom. The minimum Gasteiger partial charge on any atom is -0.438 e. The fraction of sp³-hybridized carbons (Fsp3) is 0.250. The second-order valence-corrected chi connectivity index (χ2v) is 4.92. The van der Waals surface area contributed by atoms with Gasteiger partial charge in [-0.3, -0.25) is 0 Å². The van der Waals surface area contributed by atoms with Gasteiger partial charge in [0, 0.05) is 16.8 Å². The lowest BCUT2D eigenvalue weighted by molar-refractivity contribution is 0.451. The van der Waals surface area contributed by atoms with Crippen molar-refractivity contribution in [3.8, 4) is 11.6 Å². The molecule has 20 heavy (non-hydrogen) atoms. The Bertz CT molecular complexity index is 652. The third-order valence-corrected chi connectivity index (χ3v) is 3.49. The van der Waals surface area contributed by atoms with E-state index in [0.717, 1.165) is 47.5 Å². The number of rotatable bonds is 4. The van der Waals surface area contributed by atoms with Gasteiger partial charge in [0.1, 0.15) is 12.1 Å². The molecule has 0 aliphatic heterocycles. The summed E-state index contributed by atoms with van der Waals surface area (Å²) in [5, 5.41) is 0. The van der Waals surface area contributed by atoms with E-state index in [1.165, 1.54) is 0 Å². The van der Waals surface area contributed by atoms with Gasteiger partial charge in [-0.05, 0) is 43.9 Å². The van der Waals surface area contributed by atoms with Gasteiger partial charge in [0.15, 0.2) is 0 Å². The molecule has 0 saturated heterocycles. The van der Waals surface area contributed by atoms with Crippen molar-refractivity contribution in [1.82, 2.24) is 9.97 Å². The van der Waals surface area contributed by atoms with Crippen molar-refractivity contribution in [2.75, 3.05) is 5.73 Å². The van der Waals surface area contributed by atoms with Gasteiger partial charge in [-0.15, -0.1) is 6.58 Å². The maximum absolute atomic E-state index is 6.01. The molecule has 0 amide bonds. The molecule has 102 valence electrons. The molecule has 0 spiro atoms. The quantitative estimate of drug-likeness (QED) is 0.683. The van der Waals surface area contributed by atoms with E-state index in [4.69, 9.17) is 10.5 Å². The lowest BCUT2D eigenvalue weighted by Crippen LogP contribution is -1.99. The van der Waals surface area contributed by atoms with Crippen molar-refractivity contribution in [2.24, 2.45) is 0 Å². The Kier molecular flexibility index (Phi) is 3.37. The summed E-state index contributed by atoms with van der Waals surface area (Å²) >= 11 is 0. The molecule has 0 saturated carbocycles. The van der Waals surface area contributed by atoms with Crippen LogP contribution in [0.3, 0.4) is 0 Å². The van der Waals surface area contributed by atoms with Crippen molar-refractivity contribution in [3.63, 3.8) is 0 Å². The Hall–Kier alpha value is -2.36. The van der Waals surface area contributed by atoms with Crippen LogP contribution in [0.2, 0.25) is 0 Å². The van der Waals surface area contributed by atoms with Crippen LogP contribution in [0.1, 0.15) is 23.2 Å². The van der Waals surface area contributed by atoms with Crippen LogP contribution in [0.4, 0.5) is 5.69 Å². The Morgan fingerprint density at radius 3 is 3.05 bits per heavy atom. The van der Waals surface area contributed by atoms with E-state index >= 15 is 0 Å². The standard InChI is InChI=1S/C16H17N3O/c1-2-4-11-9-12(17)7-8-15(11)20-16-13-5-3-6-14(13)18-10-19-16/h2,7-10H,1,3-6,17H2. The molecule has 1 aromatic heterocycles. The number of benzene rings is 1. The average molecular weight is 267 g/mol. The predicted molar refractivity (Wildman–Crippen MR) is 78.9 cm³/mol. The number of ether oxygens (including phenoxy) is 1. The van der Waals surface area contributed by atoms with Crippen molar-refractivity contribution < 1.29 is 4.74 Å². The maximum Gasteiger partial charge on any atom is 0.225 e. The number of hydrogen-bond acceptors (Lipinski definition) is 4. The van der Waals surface area contributed by atoms with Crippen molar-refractivity contribution >= 4 is 5.69 Å². The zero-order valence-electron chi connectivity index (χ0n) is 11.3. The molecule has 2 aromatic rings. The first kappa shape index (κ1) is 12.7. The van der Waals surface area contributed by atoms with E-state index in [2.05, 4.69) is 16.5 Å². The van der Waals surface area contributed by atoms with Gasteiger partial charge in [0.05, 0.1) is 5.69 Å². The molecule has 0 unspecified atom stereocenters. The fourth-order valence-electron chi connectivity index (χ4n) is 2.54. The number of nitrogens with zero attached hydrogens (tertiary/aromatic N) is 2. The van der Waals surface area contributed by atoms with E-state index in [0.29, 0.717) is 12.3 Å².